The van der Waals surface area contributed by atoms with Gasteiger partial charge in [-0.1, -0.05) is 30.3 Å². The summed E-state index contributed by atoms with van der Waals surface area (Å²) in [5, 5.41) is 10.2. The monoisotopic (exact) mass is 497 g/mol. The van der Waals surface area contributed by atoms with E-state index >= 15 is 0 Å². The van der Waals surface area contributed by atoms with Crippen molar-refractivity contribution in [2.75, 3.05) is 41.0 Å². The first-order valence-corrected chi connectivity index (χ1v) is 11.9. The number of nitrogens with zero attached hydrogens (tertiary/aromatic N) is 3. The molecule has 0 unspecified atom stereocenters. The Labute approximate surface area is 208 Å². The average Bonchev–Trinajstić information content (AvgIpc) is 3.41. The third kappa shape index (κ3) is 4.68. The first-order chi connectivity index (χ1) is 17.4. The third-order valence-electron chi connectivity index (χ3n) is 6.67. The van der Waals surface area contributed by atoms with Crippen LogP contribution in [0.3, 0.4) is 0 Å². The number of methoxy groups -OCH3 is 3. The van der Waals surface area contributed by atoms with E-state index in [1.54, 1.807) is 24.3 Å². The lowest BCUT2D eigenvalue weighted by Gasteiger charge is -2.23. The van der Waals surface area contributed by atoms with Crippen LogP contribution in [0, 0.1) is 0 Å². The minimum atomic E-state index is -1.39. The second-order valence-corrected chi connectivity index (χ2v) is 8.74. The standard InChI is InChI=1S/C26H31N3O7/c1-34-20-16-18-21(23(36-3)22(20)35-2)28(14-13-27-11-7-8-12-27)26(33)29(24(18)30)19(25(31)32)15-17-9-5-4-6-10-17/h4-6,9-10,16,19H,7-8,11-15H2,1-3H3,(H,31,32)/t19-/m0/s1. The Morgan fingerprint density at radius 1 is 0.972 bits per heavy atom. The smallest absolute Gasteiger partial charge is 0.332 e. The molecule has 4 rings (SSSR count). The number of aromatic nitrogens is 2. The Kier molecular flexibility index (Phi) is 7.64. The van der Waals surface area contributed by atoms with Crippen molar-refractivity contribution in [1.82, 2.24) is 14.0 Å². The van der Waals surface area contributed by atoms with E-state index in [1.165, 1.54) is 32.0 Å². The molecule has 1 N–H and O–H groups in total. The van der Waals surface area contributed by atoms with E-state index in [4.69, 9.17) is 14.2 Å². The van der Waals surface area contributed by atoms with Crippen LogP contribution in [-0.4, -0.2) is 66.1 Å². The molecule has 2 aromatic carbocycles. The molecule has 2 heterocycles. The molecule has 0 saturated carbocycles. The zero-order valence-electron chi connectivity index (χ0n) is 20.7. The van der Waals surface area contributed by atoms with E-state index in [0.717, 1.165) is 30.5 Å². The summed E-state index contributed by atoms with van der Waals surface area (Å²) in [6.45, 7) is 2.67. The number of hydrogen-bond acceptors (Lipinski definition) is 7. The second-order valence-electron chi connectivity index (χ2n) is 8.74. The molecular formula is C26H31N3O7. The number of ether oxygens (including phenoxy) is 3. The predicted molar refractivity (Wildman–Crippen MR) is 135 cm³/mol. The number of benzene rings is 2. The average molecular weight is 498 g/mol. The molecule has 3 aromatic rings. The number of carbonyl (C=O) groups is 1. The van der Waals surface area contributed by atoms with Gasteiger partial charge in [0.2, 0.25) is 5.75 Å². The number of carboxylic acids is 1. The van der Waals surface area contributed by atoms with Gasteiger partial charge in [-0.15, -0.1) is 0 Å². The van der Waals surface area contributed by atoms with Crippen LogP contribution in [0.4, 0.5) is 0 Å². The van der Waals surface area contributed by atoms with Crippen molar-refractivity contribution in [3.63, 3.8) is 0 Å². The highest BCUT2D eigenvalue weighted by Crippen LogP contribution is 2.42. The molecule has 1 aromatic heterocycles. The highest BCUT2D eigenvalue weighted by Gasteiger charge is 2.30. The Bertz CT molecular complexity index is 1360. The molecule has 1 atom stereocenters. The third-order valence-corrected chi connectivity index (χ3v) is 6.67. The van der Waals surface area contributed by atoms with Crippen molar-refractivity contribution in [3.8, 4) is 17.2 Å². The van der Waals surface area contributed by atoms with E-state index in [2.05, 4.69) is 4.90 Å². The van der Waals surface area contributed by atoms with E-state index in [9.17, 15) is 19.5 Å². The van der Waals surface area contributed by atoms with Crippen LogP contribution in [0.15, 0.2) is 46.0 Å². The van der Waals surface area contributed by atoms with Crippen molar-refractivity contribution < 1.29 is 24.1 Å². The van der Waals surface area contributed by atoms with E-state index in [-0.39, 0.29) is 41.1 Å². The fraction of sp³-hybridized carbons (Fsp3) is 0.423. The number of likely N-dealkylation sites (tertiary alicyclic amines) is 1. The maximum absolute atomic E-state index is 13.9. The summed E-state index contributed by atoms with van der Waals surface area (Å²) >= 11 is 0. The molecule has 1 fully saturated rings. The van der Waals surface area contributed by atoms with E-state index < -0.39 is 23.3 Å². The van der Waals surface area contributed by atoms with Gasteiger partial charge < -0.3 is 24.2 Å². The number of hydrogen-bond donors (Lipinski definition) is 1. The topological polar surface area (TPSA) is 112 Å². The van der Waals surface area contributed by atoms with Gasteiger partial charge in [-0.2, -0.15) is 0 Å². The minimum absolute atomic E-state index is 0.0205. The maximum atomic E-state index is 13.9. The second kappa shape index (κ2) is 10.9. The van der Waals surface area contributed by atoms with Crippen molar-refractivity contribution in [1.29, 1.82) is 0 Å². The van der Waals surface area contributed by atoms with Crippen molar-refractivity contribution >= 4 is 16.9 Å². The molecule has 1 aliphatic heterocycles. The summed E-state index contributed by atoms with van der Waals surface area (Å²) < 4.78 is 18.8. The Morgan fingerprint density at radius 3 is 2.22 bits per heavy atom. The summed E-state index contributed by atoms with van der Waals surface area (Å²) in [6.07, 6.45) is 2.15. The van der Waals surface area contributed by atoms with Gasteiger partial charge in [-0.05, 0) is 37.6 Å². The lowest BCUT2D eigenvalue weighted by molar-refractivity contribution is -0.141. The summed E-state index contributed by atoms with van der Waals surface area (Å²) in [7, 11) is 4.30. The molecule has 36 heavy (non-hydrogen) atoms. The van der Waals surface area contributed by atoms with Crippen LogP contribution < -0.4 is 25.5 Å². The fourth-order valence-corrected chi connectivity index (χ4v) is 4.87. The van der Waals surface area contributed by atoms with Gasteiger partial charge in [0, 0.05) is 19.5 Å². The van der Waals surface area contributed by atoms with Crippen LogP contribution in [0.5, 0.6) is 17.2 Å². The summed E-state index contributed by atoms with van der Waals surface area (Å²) in [6, 6.07) is 9.01. The van der Waals surface area contributed by atoms with Crippen molar-refractivity contribution in [2.45, 2.75) is 31.8 Å². The van der Waals surface area contributed by atoms with Gasteiger partial charge in [0.15, 0.2) is 11.5 Å². The number of aliphatic carboxylic acids is 1. The maximum Gasteiger partial charge on any atom is 0.332 e. The van der Waals surface area contributed by atoms with E-state index in [0.29, 0.717) is 12.1 Å². The lowest BCUT2D eigenvalue weighted by atomic mass is 10.1. The summed E-state index contributed by atoms with van der Waals surface area (Å²) in [4.78, 5) is 42.3. The first kappa shape index (κ1) is 25.3. The normalized spacial score (nSPS) is 14.6. The molecule has 192 valence electrons. The van der Waals surface area contributed by atoms with Gasteiger partial charge in [0.05, 0.1) is 26.7 Å². The van der Waals surface area contributed by atoms with Crippen molar-refractivity contribution in [2.24, 2.45) is 0 Å². The largest absolute Gasteiger partial charge is 0.493 e. The van der Waals surface area contributed by atoms with Crippen LogP contribution in [-0.2, 0) is 17.8 Å². The van der Waals surface area contributed by atoms with Crippen molar-refractivity contribution in [3.05, 3.63) is 62.8 Å². The molecule has 10 nitrogen and oxygen atoms in total. The molecule has 0 radical (unpaired) electrons. The lowest BCUT2D eigenvalue weighted by Crippen LogP contribution is -2.46. The van der Waals surface area contributed by atoms with Crippen LogP contribution >= 0.6 is 0 Å². The van der Waals surface area contributed by atoms with Gasteiger partial charge >= 0.3 is 11.7 Å². The molecule has 1 aliphatic rings. The number of fused-ring (bicyclic) bond motifs is 1. The van der Waals surface area contributed by atoms with Gasteiger partial charge in [0.25, 0.3) is 5.56 Å². The molecule has 0 spiro atoms. The molecule has 0 aliphatic carbocycles. The van der Waals surface area contributed by atoms with Gasteiger partial charge in [0.1, 0.15) is 11.6 Å². The molecule has 0 bridgehead atoms. The predicted octanol–water partition coefficient (Wildman–Crippen LogP) is 2.15. The molecule has 10 heteroatoms. The van der Waals surface area contributed by atoms with Crippen LogP contribution in [0.1, 0.15) is 24.4 Å². The highest BCUT2D eigenvalue weighted by molar-refractivity contribution is 5.90. The first-order valence-electron chi connectivity index (χ1n) is 11.9. The van der Waals surface area contributed by atoms with Gasteiger partial charge in [-0.3, -0.25) is 9.36 Å². The SMILES string of the molecule is COc1cc2c(=O)n([C@@H](Cc3ccccc3)C(=O)O)c(=O)n(CCN3CCCC3)c2c(OC)c1OC. The number of carboxylic acid groups (broad SMARTS) is 1. The molecular weight excluding hydrogens is 466 g/mol. The summed E-state index contributed by atoms with van der Waals surface area (Å²) in [5.74, 6) is -0.594. The zero-order valence-corrected chi connectivity index (χ0v) is 20.7. The number of rotatable bonds is 10. The zero-order chi connectivity index (χ0) is 25.8. The quantitative estimate of drug-likeness (QED) is 0.454. The van der Waals surface area contributed by atoms with Gasteiger partial charge in [-0.25, -0.2) is 14.2 Å². The Balaban J connectivity index is 2.00. The van der Waals surface area contributed by atoms with Crippen LogP contribution in [0.2, 0.25) is 0 Å². The Hall–Kier alpha value is -3.79. The summed E-state index contributed by atoms with van der Waals surface area (Å²) in [5.41, 5.74) is -0.482. The highest BCUT2D eigenvalue weighted by atomic mass is 16.5. The Morgan fingerprint density at radius 2 is 1.64 bits per heavy atom. The molecule has 0 amide bonds. The molecule has 1 saturated heterocycles. The van der Waals surface area contributed by atoms with Crippen LogP contribution in [0.25, 0.3) is 10.9 Å². The minimum Gasteiger partial charge on any atom is -0.493 e. The fourth-order valence-electron chi connectivity index (χ4n) is 4.87. The van der Waals surface area contributed by atoms with E-state index in [1.807, 2.05) is 6.07 Å².